The molecule has 4 nitrogen and oxygen atoms in total. The van der Waals surface area contributed by atoms with Crippen LogP contribution < -0.4 is 0 Å². The molecular formula is C15H13NO3S2. The van der Waals surface area contributed by atoms with Gasteiger partial charge in [0.15, 0.2) is 5.78 Å². The molecule has 21 heavy (non-hydrogen) atoms. The van der Waals surface area contributed by atoms with Gasteiger partial charge in [0.25, 0.3) is 5.69 Å². The van der Waals surface area contributed by atoms with Crippen molar-refractivity contribution in [1.29, 1.82) is 0 Å². The number of nitro groups is 1. The third kappa shape index (κ3) is 3.06. The maximum Gasteiger partial charge on any atom is 0.270 e. The Morgan fingerprint density at radius 1 is 1.19 bits per heavy atom. The highest BCUT2D eigenvalue weighted by Gasteiger charge is 2.28. The summed E-state index contributed by atoms with van der Waals surface area (Å²) in [7, 11) is 0. The number of ketones is 1. The number of allylic oxidation sites excluding steroid dienone is 2. The van der Waals surface area contributed by atoms with Gasteiger partial charge in [-0.05, 0) is 24.5 Å². The fourth-order valence-electron chi connectivity index (χ4n) is 2.43. The van der Waals surface area contributed by atoms with Gasteiger partial charge in [-0.3, -0.25) is 14.9 Å². The number of nitro benzene ring substituents is 1. The zero-order valence-corrected chi connectivity index (χ0v) is 12.8. The van der Waals surface area contributed by atoms with E-state index in [0.29, 0.717) is 5.56 Å². The first-order valence-corrected chi connectivity index (χ1v) is 8.61. The Morgan fingerprint density at radius 3 is 2.67 bits per heavy atom. The molecule has 0 unspecified atom stereocenters. The Hall–Kier alpha value is -1.53. The van der Waals surface area contributed by atoms with Crippen LogP contribution in [0.3, 0.4) is 0 Å². The SMILES string of the molecule is O=C1C(=C2SCCS2)CC/C1=C/c1cccc([N+](=O)[O-])c1. The Bertz CT molecular complexity index is 671. The molecule has 1 aliphatic heterocycles. The average molecular weight is 319 g/mol. The van der Waals surface area contributed by atoms with E-state index in [2.05, 4.69) is 0 Å². The lowest BCUT2D eigenvalue weighted by atomic mass is 10.1. The zero-order chi connectivity index (χ0) is 14.8. The monoisotopic (exact) mass is 319 g/mol. The summed E-state index contributed by atoms with van der Waals surface area (Å²) < 4.78 is 1.17. The minimum Gasteiger partial charge on any atom is -0.289 e. The molecule has 108 valence electrons. The highest BCUT2D eigenvalue weighted by atomic mass is 32.2. The molecule has 1 saturated carbocycles. The standard InChI is InChI=1S/C15H13NO3S2/c17-14-11(4-5-13(14)15-20-6-7-21-15)8-10-2-1-3-12(9-10)16(18)19/h1-3,8-9H,4-7H2/b11-8-. The molecule has 1 heterocycles. The van der Waals surface area contributed by atoms with Crippen molar-refractivity contribution >= 4 is 41.1 Å². The highest BCUT2D eigenvalue weighted by molar-refractivity contribution is 8.25. The number of nitrogens with zero attached hydrogens (tertiary/aromatic N) is 1. The van der Waals surface area contributed by atoms with E-state index < -0.39 is 4.92 Å². The van der Waals surface area contributed by atoms with Crippen LogP contribution in [0, 0.1) is 10.1 Å². The van der Waals surface area contributed by atoms with Gasteiger partial charge in [0.05, 0.1) is 4.92 Å². The zero-order valence-electron chi connectivity index (χ0n) is 11.2. The largest absolute Gasteiger partial charge is 0.289 e. The number of Topliss-reactive ketones (excluding diaryl/α,β-unsaturated/α-hetero) is 1. The lowest BCUT2D eigenvalue weighted by molar-refractivity contribution is -0.384. The first-order chi connectivity index (χ1) is 10.1. The minimum atomic E-state index is -0.419. The topological polar surface area (TPSA) is 60.2 Å². The number of hydrogen-bond donors (Lipinski definition) is 0. The Kier molecular flexibility index (Phi) is 4.17. The van der Waals surface area contributed by atoms with E-state index in [0.717, 1.165) is 35.5 Å². The molecule has 1 aromatic carbocycles. The van der Waals surface area contributed by atoms with E-state index in [4.69, 9.17) is 0 Å². The van der Waals surface area contributed by atoms with Crippen molar-refractivity contribution in [2.24, 2.45) is 0 Å². The van der Waals surface area contributed by atoms with Crippen LogP contribution in [0.15, 0.2) is 39.6 Å². The second kappa shape index (κ2) is 6.07. The summed E-state index contributed by atoms with van der Waals surface area (Å²) >= 11 is 3.53. The Morgan fingerprint density at radius 2 is 1.95 bits per heavy atom. The second-order valence-electron chi connectivity index (χ2n) is 4.81. The van der Waals surface area contributed by atoms with Gasteiger partial charge < -0.3 is 0 Å². The normalized spacial score (nSPS) is 20.6. The first kappa shape index (κ1) is 14.4. The summed E-state index contributed by atoms with van der Waals surface area (Å²) in [6.45, 7) is 0. The van der Waals surface area contributed by atoms with Crippen LogP contribution in [0.4, 0.5) is 5.69 Å². The van der Waals surface area contributed by atoms with Gasteiger partial charge >= 0.3 is 0 Å². The lowest BCUT2D eigenvalue weighted by Crippen LogP contribution is -1.97. The van der Waals surface area contributed by atoms with Crippen molar-refractivity contribution in [2.45, 2.75) is 12.8 Å². The highest BCUT2D eigenvalue weighted by Crippen LogP contribution is 2.43. The maximum atomic E-state index is 12.4. The van der Waals surface area contributed by atoms with Crippen molar-refractivity contribution in [2.75, 3.05) is 11.5 Å². The Labute approximate surface area is 130 Å². The number of carbonyl (C=O) groups is 1. The van der Waals surface area contributed by atoms with Gasteiger partial charge in [-0.1, -0.05) is 12.1 Å². The molecule has 0 spiro atoms. The lowest BCUT2D eigenvalue weighted by Gasteiger charge is -2.00. The quantitative estimate of drug-likeness (QED) is 0.468. The molecule has 0 aromatic heterocycles. The average Bonchev–Trinajstić information content (AvgIpc) is 3.10. The summed E-state index contributed by atoms with van der Waals surface area (Å²) in [5, 5.41) is 10.8. The van der Waals surface area contributed by atoms with Crippen LogP contribution >= 0.6 is 23.5 Å². The molecule has 2 fully saturated rings. The van der Waals surface area contributed by atoms with Crippen LogP contribution in [0.25, 0.3) is 6.08 Å². The van der Waals surface area contributed by atoms with Crippen molar-refractivity contribution in [3.63, 3.8) is 0 Å². The molecule has 2 aliphatic rings. The van der Waals surface area contributed by atoms with Crippen LogP contribution in [0.1, 0.15) is 18.4 Å². The van der Waals surface area contributed by atoms with Gasteiger partial charge in [0.2, 0.25) is 0 Å². The van der Waals surface area contributed by atoms with Gasteiger partial charge in [-0.2, -0.15) is 0 Å². The van der Waals surface area contributed by atoms with Crippen LogP contribution in [-0.4, -0.2) is 22.2 Å². The smallest absolute Gasteiger partial charge is 0.270 e. The summed E-state index contributed by atoms with van der Waals surface area (Å²) in [5.41, 5.74) is 2.45. The number of benzene rings is 1. The molecule has 0 bridgehead atoms. The van der Waals surface area contributed by atoms with Crippen LogP contribution in [-0.2, 0) is 4.79 Å². The van der Waals surface area contributed by atoms with E-state index in [1.807, 2.05) is 0 Å². The summed E-state index contributed by atoms with van der Waals surface area (Å²) in [5.74, 6) is 2.25. The minimum absolute atomic E-state index is 0.0512. The summed E-state index contributed by atoms with van der Waals surface area (Å²) in [4.78, 5) is 22.8. The van der Waals surface area contributed by atoms with Crippen molar-refractivity contribution in [3.05, 3.63) is 55.3 Å². The molecule has 0 atom stereocenters. The van der Waals surface area contributed by atoms with Crippen molar-refractivity contribution in [1.82, 2.24) is 0 Å². The summed E-state index contributed by atoms with van der Waals surface area (Å²) in [6.07, 6.45) is 3.30. The van der Waals surface area contributed by atoms with Gasteiger partial charge in [0.1, 0.15) is 0 Å². The van der Waals surface area contributed by atoms with E-state index >= 15 is 0 Å². The van der Waals surface area contributed by atoms with E-state index in [1.165, 1.54) is 16.4 Å². The molecular weight excluding hydrogens is 306 g/mol. The molecule has 1 aromatic rings. The Balaban J connectivity index is 1.88. The fourth-order valence-corrected chi connectivity index (χ4v) is 5.04. The number of thioether (sulfide) groups is 2. The molecule has 0 radical (unpaired) electrons. The molecule has 3 rings (SSSR count). The van der Waals surface area contributed by atoms with Crippen LogP contribution in [0.2, 0.25) is 0 Å². The van der Waals surface area contributed by atoms with Crippen molar-refractivity contribution < 1.29 is 9.72 Å². The predicted molar refractivity (Wildman–Crippen MR) is 87.3 cm³/mol. The maximum absolute atomic E-state index is 12.4. The first-order valence-electron chi connectivity index (χ1n) is 6.63. The third-order valence-electron chi connectivity index (χ3n) is 3.43. The fraction of sp³-hybridized carbons (Fsp3) is 0.267. The number of carbonyl (C=O) groups excluding carboxylic acids is 1. The number of rotatable bonds is 2. The summed E-state index contributed by atoms with van der Waals surface area (Å²) in [6, 6.07) is 6.39. The third-order valence-corrected chi connectivity index (χ3v) is 6.23. The molecule has 0 amide bonds. The molecule has 0 N–H and O–H groups in total. The van der Waals surface area contributed by atoms with Gasteiger partial charge in [-0.25, -0.2) is 0 Å². The van der Waals surface area contributed by atoms with E-state index in [-0.39, 0.29) is 11.5 Å². The van der Waals surface area contributed by atoms with E-state index in [9.17, 15) is 14.9 Å². The number of non-ortho nitro benzene ring substituents is 1. The van der Waals surface area contributed by atoms with Gasteiger partial charge in [0, 0.05) is 39.0 Å². The van der Waals surface area contributed by atoms with Crippen molar-refractivity contribution in [3.8, 4) is 0 Å². The second-order valence-corrected chi connectivity index (χ2v) is 7.28. The molecule has 6 heteroatoms. The van der Waals surface area contributed by atoms with E-state index in [1.54, 1.807) is 41.7 Å². The van der Waals surface area contributed by atoms with Gasteiger partial charge in [-0.15, -0.1) is 23.5 Å². The molecule has 1 aliphatic carbocycles. The predicted octanol–water partition coefficient (Wildman–Crippen LogP) is 4.03. The van der Waals surface area contributed by atoms with Crippen LogP contribution in [0.5, 0.6) is 0 Å². The number of hydrogen-bond acceptors (Lipinski definition) is 5. The molecule has 1 saturated heterocycles.